The number of thioether (sulfide) groups is 1. The lowest BCUT2D eigenvalue weighted by Gasteiger charge is -2.14. The van der Waals surface area contributed by atoms with E-state index < -0.39 is 0 Å². The summed E-state index contributed by atoms with van der Waals surface area (Å²) in [6, 6.07) is 30.5. The maximum absolute atomic E-state index is 12.7. The van der Waals surface area contributed by atoms with Gasteiger partial charge < -0.3 is 10.2 Å². The Kier molecular flexibility index (Phi) is 10.4. The summed E-state index contributed by atoms with van der Waals surface area (Å²) >= 11 is 13.5. The molecule has 1 aromatic heterocycles. The summed E-state index contributed by atoms with van der Waals surface area (Å²) in [5, 5.41) is 29.6. The van der Waals surface area contributed by atoms with Gasteiger partial charge in [-0.3, -0.25) is 14.3 Å². The number of carbonyl (C=O) groups is 1. The third-order valence-electron chi connectivity index (χ3n) is 7.52. The van der Waals surface area contributed by atoms with E-state index in [9.17, 15) is 15.0 Å². The fraction of sp³-hybridized carbons (Fsp3) is 0.0526. The Hall–Kier alpha value is -5.27. The number of carbonyl (C=O) groups excluding carboxylic acids is 1. The number of hydrogen-bond acceptors (Lipinski definition) is 10. The SMILES string of the molecule is C=C(O)c1ccc(/C=C2\SC(=S)N(c3cccc(C)c3)C2=O)cc1.Cc1cccc(-n2c(O)c(C=c3ccc(=C4N=CN=N4)cc3)sc2=S)c1. The molecule has 0 atom stereocenters. The second kappa shape index (κ2) is 15.1. The van der Waals surface area contributed by atoms with Gasteiger partial charge in [-0.05, 0) is 84.4 Å². The fourth-order valence-electron chi connectivity index (χ4n) is 5.05. The van der Waals surface area contributed by atoms with Gasteiger partial charge in [0.05, 0.1) is 21.2 Å². The average Bonchev–Trinajstić information content (AvgIpc) is 3.80. The predicted octanol–water partition coefficient (Wildman–Crippen LogP) is 8.60. The van der Waals surface area contributed by atoms with Crippen LogP contribution in [-0.2, 0) is 4.79 Å². The highest BCUT2D eigenvalue weighted by molar-refractivity contribution is 8.27. The van der Waals surface area contributed by atoms with E-state index in [0.29, 0.717) is 24.6 Å². The first-order valence-corrected chi connectivity index (χ1v) is 17.6. The number of rotatable bonds is 5. The molecule has 50 heavy (non-hydrogen) atoms. The molecule has 12 heteroatoms. The third-order valence-corrected chi connectivity index (χ3v) is 10.1. The molecule has 5 aromatic rings. The van der Waals surface area contributed by atoms with Gasteiger partial charge in [-0.25, -0.2) is 4.99 Å². The van der Waals surface area contributed by atoms with Crippen molar-refractivity contribution in [1.29, 1.82) is 0 Å². The van der Waals surface area contributed by atoms with E-state index in [1.807, 2.05) is 105 Å². The molecule has 1 fully saturated rings. The molecule has 1 saturated heterocycles. The van der Waals surface area contributed by atoms with Gasteiger partial charge in [-0.1, -0.05) is 103 Å². The molecule has 8 nitrogen and oxygen atoms in total. The number of amides is 1. The minimum absolute atomic E-state index is 0.0207. The monoisotopic (exact) mass is 731 g/mol. The first-order valence-electron chi connectivity index (χ1n) is 15.2. The van der Waals surface area contributed by atoms with Crippen molar-refractivity contribution >= 4 is 93.5 Å². The summed E-state index contributed by atoms with van der Waals surface area (Å²) in [4.78, 5) is 19.6. The van der Waals surface area contributed by atoms with Crippen LogP contribution < -0.4 is 15.3 Å². The van der Waals surface area contributed by atoms with Crippen molar-refractivity contribution in [3.63, 3.8) is 0 Å². The Morgan fingerprint density at radius 3 is 2.16 bits per heavy atom. The van der Waals surface area contributed by atoms with Gasteiger partial charge in [-0.15, -0.1) is 21.6 Å². The summed E-state index contributed by atoms with van der Waals surface area (Å²) in [5.74, 6) is 0.650. The van der Waals surface area contributed by atoms with Crippen molar-refractivity contribution in [1.82, 2.24) is 4.57 Å². The summed E-state index contributed by atoms with van der Waals surface area (Å²) in [6.45, 7) is 7.48. The molecule has 3 heterocycles. The molecular weight excluding hydrogens is 703 g/mol. The maximum Gasteiger partial charge on any atom is 0.270 e. The van der Waals surface area contributed by atoms with E-state index in [1.165, 1.54) is 29.4 Å². The Morgan fingerprint density at radius 1 is 0.880 bits per heavy atom. The topological polar surface area (TPSA) is 103 Å². The molecule has 248 valence electrons. The van der Waals surface area contributed by atoms with Gasteiger partial charge >= 0.3 is 0 Å². The largest absolute Gasteiger partial charge is 0.508 e. The molecular formula is C38H29N5O3S4. The number of benzene rings is 4. The predicted molar refractivity (Wildman–Crippen MR) is 212 cm³/mol. The lowest BCUT2D eigenvalue weighted by atomic mass is 10.1. The van der Waals surface area contributed by atoms with E-state index >= 15 is 0 Å². The Morgan fingerprint density at radius 2 is 1.54 bits per heavy atom. The normalized spacial score (nSPS) is 14.3. The molecule has 2 N–H and O–H groups in total. The molecule has 0 unspecified atom stereocenters. The Labute approximate surface area is 307 Å². The minimum Gasteiger partial charge on any atom is -0.508 e. The zero-order valence-corrected chi connectivity index (χ0v) is 30.1. The van der Waals surface area contributed by atoms with Crippen molar-refractivity contribution < 1.29 is 15.0 Å². The number of hydrogen-bond donors (Lipinski definition) is 2. The third kappa shape index (κ3) is 7.79. The number of thiazole rings is 1. The molecule has 4 aromatic carbocycles. The molecule has 1 amide bonds. The number of nitrogens with zero attached hydrogens (tertiary/aromatic N) is 5. The highest BCUT2D eigenvalue weighted by Crippen LogP contribution is 2.36. The Bertz CT molecular complexity index is 2410. The van der Waals surface area contributed by atoms with Crippen LogP contribution in [0, 0.1) is 17.8 Å². The number of azo groups is 1. The van der Waals surface area contributed by atoms with Crippen LogP contribution in [0.3, 0.4) is 0 Å². The van der Waals surface area contributed by atoms with Crippen LogP contribution in [0.1, 0.15) is 27.1 Å². The summed E-state index contributed by atoms with van der Waals surface area (Å²) in [7, 11) is 0. The summed E-state index contributed by atoms with van der Waals surface area (Å²) in [6.07, 6.45) is 5.14. The van der Waals surface area contributed by atoms with Crippen LogP contribution >= 0.6 is 47.5 Å². The van der Waals surface area contributed by atoms with Crippen molar-refractivity contribution in [2.24, 2.45) is 15.2 Å². The minimum atomic E-state index is -0.119. The molecule has 0 saturated carbocycles. The number of aromatic hydroxyl groups is 1. The second-order valence-electron chi connectivity index (χ2n) is 11.2. The van der Waals surface area contributed by atoms with Crippen LogP contribution in [0.15, 0.2) is 124 Å². The Balaban J connectivity index is 0.000000174. The lowest BCUT2D eigenvalue weighted by molar-refractivity contribution is -0.113. The van der Waals surface area contributed by atoms with Crippen molar-refractivity contribution in [3.05, 3.63) is 150 Å². The standard InChI is InChI=1S/C19H14N4OS2.C19H15NO2S2/c1-12-3-2-4-15(9-12)23-18(24)16(26-19(23)25)10-13-5-7-14(8-6-13)17-20-11-21-22-17;1-12-4-3-5-16(10-12)20-18(22)17(24-19(20)23)11-14-6-8-15(9-7-14)13(2)21/h2-11,24H,1H3;3-11,21H,2H2,1H3/b;17-11-. The number of aliphatic imine (C=N–C) groups is 1. The molecule has 0 radical (unpaired) electrons. The lowest BCUT2D eigenvalue weighted by Crippen LogP contribution is -2.27. The maximum atomic E-state index is 12.7. The number of thiocarbonyl (C=S) groups is 1. The van der Waals surface area contributed by atoms with Gasteiger partial charge in [-0.2, -0.15) is 0 Å². The second-order valence-corrected chi connectivity index (χ2v) is 14.6. The van der Waals surface area contributed by atoms with Crippen LogP contribution in [0.25, 0.3) is 29.4 Å². The molecule has 2 aliphatic rings. The highest BCUT2D eigenvalue weighted by atomic mass is 32.2. The van der Waals surface area contributed by atoms with Gasteiger partial charge in [0.15, 0.2) is 14.1 Å². The van der Waals surface area contributed by atoms with Crippen molar-refractivity contribution in [3.8, 4) is 11.6 Å². The fourth-order valence-corrected chi connectivity index (χ4v) is 7.66. The number of aromatic nitrogens is 1. The van der Waals surface area contributed by atoms with Crippen LogP contribution in [0.5, 0.6) is 5.88 Å². The van der Waals surface area contributed by atoms with Crippen molar-refractivity contribution in [2.45, 2.75) is 13.8 Å². The van der Waals surface area contributed by atoms with Crippen LogP contribution in [-0.4, -0.2) is 31.3 Å². The van der Waals surface area contributed by atoms with Crippen LogP contribution in [0.2, 0.25) is 0 Å². The van der Waals surface area contributed by atoms with Gasteiger partial charge in [0, 0.05) is 10.8 Å². The van der Waals surface area contributed by atoms with Gasteiger partial charge in [0.2, 0.25) is 5.88 Å². The molecule has 0 spiro atoms. The molecule has 2 aliphatic heterocycles. The van der Waals surface area contributed by atoms with Crippen molar-refractivity contribution in [2.75, 3.05) is 4.90 Å². The van der Waals surface area contributed by atoms with Gasteiger partial charge in [0.25, 0.3) is 5.91 Å². The smallest absolute Gasteiger partial charge is 0.270 e. The number of anilines is 1. The number of aryl methyl sites for hydroxylation is 2. The van der Waals surface area contributed by atoms with E-state index in [0.717, 1.165) is 43.4 Å². The van der Waals surface area contributed by atoms with E-state index in [-0.39, 0.29) is 17.5 Å². The number of aliphatic hydroxyl groups excluding tert-OH is 1. The van der Waals surface area contributed by atoms with E-state index in [1.54, 1.807) is 27.7 Å². The van der Waals surface area contributed by atoms with E-state index in [2.05, 4.69) is 21.8 Å². The summed E-state index contributed by atoms with van der Waals surface area (Å²) in [5.41, 5.74) is 5.35. The quantitative estimate of drug-likeness (QED) is 0.107. The molecule has 7 rings (SSSR count). The number of aliphatic hydroxyl groups is 1. The average molecular weight is 732 g/mol. The zero-order chi connectivity index (χ0) is 35.4. The molecule has 0 aliphatic carbocycles. The zero-order valence-electron chi connectivity index (χ0n) is 26.8. The first-order chi connectivity index (χ1) is 24.1. The first kappa shape index (κ1) is 34.6. The van der Waals surface area contributed by atoms with E-state index in [4.69, 9.17) is 24.4 Å². The highest BCUT2D eigenvalue weighted by Gasteiger charge is 2.33. The summed E-state index contributed by atoms with van der Waals surface area (Å²) < 4.78 is 2.82. The van der Waals surface area contributed by atoms with Gasteiger partial charge in [0.1, 0.15) is 12.1 Å². The molecule has 0 bridgehead atoms. The van der Waals surface area contributed by atoms with Crippen LogP contribution in [0.4, 0.5) is 5.69 Å².